The van der Waals surface area contributed by atoms with Crippen LogP contribution in [-0.2, 0) is 9.47 Å². The van der Waals surface area contributed by atoms with Crippen LogP contribution in [0.2, 0.25) is 0 Å². The molecule has 5 nitrogen and oxygen atoms in total. The Labute approximate surface area is 118 Å². The van der Waals surface area contributed by atoms with Gasteiger partial charge in [0.15, 0.2) is 0 Å². The van der Waals surface area contributed by atoms with E-state index in [1.165, 1.54) is 7.11 Å². The minimum Gasteiger partial charge on any atom is -0.488 e. The van der Waals surface area contributed by atoms with Crippen LogP contribution in [0.1, 0.15) is 22.8 Å². The molecule has 0 bridgehead atoms. The molecule has 1 atom stereocenters. The van der Waals surface area contributed by atoms with Crippen molar-refractivity contribution in [3.05, 3.63) is 29.3 Å². The predicted octanol–water partition coefficient (Wildman–Crippen LogP) is 1.23. The number of benzene rings is 1. The van der Waals surface area contributed by atoms with E-state index in [1.54, 1.807) is 25.3 Å². The summed E-state index contributed by atoms with van der Waals surface area (Å²) in [6, 6.07) is 4.87. The number of aliphatic hydroxyl groups excluding tert-OH is 1. The Morgan fingerprint density at radius 1 is 1.35 bits per heavy atom. The van der Waals surface area contributed by atoms with Crippen molar-refractivity contribution in [3.8, 4) is 17.6 Å². The highest BCUT2D eigenvalue weighted by Crippen LogP contribution is 2.19. The molecule has 0 aliphatic rings. The molecule has 1 rings (SSSR count). The molecule has 0 aromatic heterocycles. The lowest BCUT2D eigenvalue weighted by Gasteiger charge is -2.14. The largest absolute Gasteiger partial charge is 0.488 e. The first-order valence-corrected chi connectivity index (χ1v) is 6.09. The molecule has 0 radical (unpaired) electrons. The topological polar surface area (TPSA) is 65.0 Å². The zero-order chi connectivity index (χ0) is 15.0. The normalized spacial score (nSPS) is 11.2. The molecule has 0 aliphatic heterocycles. The van der Waals surface area contributed by atoms with Gasteiger partial charge in [-0.2, -0.15) is 0 Å². The summed E-state index contributed by atoms with van der Waals surface area (Å²) < 4.78 is 15.3. The molecule has 1 N–H and O–H groups in total. The summed E-state index contributed by atoms with van der Waals surface area (Å²) in [5.41, 5.74) is 0.915. The van der Waals surface area contributed by atoms with E-state index in [-0.39, 0.29) is 12.7 Å². The molecule has 20 heavy (non-hydrogen) atoms. The Bertz CT molecular complexity index is 513. The lowest BCUT2D eigenvalue weighted by Crippen LogP contribution is -2.18. The Balaban J connectivity index is 3.06. The molecule has 0 saturated carbocycles. The van der Waals surface area contributed by atoms with Gasteiger partial charge in [-0.15, -0.1) is 0 Å². The van der Waals surface area contributed by atoms with Crippen LogP contribution in [0, 0.1) is 11.8 Å². The maximum absolute atomic E-state index is 11.6. The summed E-state index contributed by atoms with van der Waals surface area (Å²) in [5.74, 6) is 5.30. The van der Waals surface area contributed by atoms with E-state index >= 15 is 0 Å². The van der Waals surface area contributed by atoms with Crippen molar-refractivity contribution in [1.29, 1.82) is 0 Å². The smallest absolute Gasteiger partial charge is 0.338 e. The summed E-state index contributed by atoms with van der Waals surface area (Å²) in [6.45, 7) is 2.03. The van der Waals surface area contributed by atoms with Crippen molar-refractivity contribution in [2.24, 2.45) is 0 Å². The van der Waals surface area contributed by atoms with Gasteiger partial charge in [0.2, 0.25) is 0 Å². The number of ether oxygens (including phenoxy) is 3. The van der Waals surface area contributed by atoms with E-state index in [9.17, 15) is 4.79 Å². The highest BCUT2D eigenvalue weighted by Gasteiger charge is 2.11. The van der Waals surface area contributed by atoms with E-state index in [0.717, 1.165) is 0 Å². The maximum atomic E-state index is 11.6. The third kappa shape index (κ3) is 4.92. The summed E-state index contributed by atoms with van der Waals surface area (Å²) in [6.07, 6.45) is -0.161. The van der Waals surface area contributed by atoms with Gasteiger partial charge in [0, 0.05) is 12.7 Å². The summed E-state index contributed by atoms with van der Waals surface area (Å²) >= 11 is 0. The molecule has 1 aromatic carbocycles. The van der Waals surface area contributed by atoms with Gasteiger partial charge < -0.3 is 19.3 Å². The second-order valence-corrected chi connectivity index (χ2v) is 4.08. The van der Waals surface area contributed by atoms with E-state index in [0.29, 0.717) is 23.5 Å². The quantitative estimate of drug-likeness (QED) is 0.648. The number of carbonyl (C=O) groups excluding carboxylic acids is 1. The molecule has 1 aromatic rings. The zero-order valence-corrected chi connectivity index (χ0v) is 11.8. The molecular formula is C15H18O5. The first-order valence-electron chi connectivity index (χ1n) is 6.09. The number of aliphatic hydroxyl groups is 1. The standard InChI is InChI=1S/C15H18O5/c1-11(10-18-2)20-14-8-12(5-4-6-16)7-13(9-14)15(17)19-3/h7-9,11,16H,6,10H2,1-3H3/t11-/m0/s1. The Morgan fingerprint density at radius 3 is 2.70 bits per heavy atom. The summed E-state index contributed by atoms with van der Waals surface area (Å²) in [5, 5.41) is 8.72. The molecule has 0 amide bonds. The molecule has 0 aliphatic carbocycles. The van der Waals surface area contributed by atoms with Gasteiger partial charge in [-0.1, -0.05) is 11.8 Å². The van der Waals surface area contributed by atoms with Crippen molar-refractivity contribution in [2.45, 2.75) is 13.0 Å². The van der Waals surface area contributed by atoms with Gasteiger partial charge in [-0.05, 0) is 25.1 Å². The van der Waals surface area contributed by atoms with Gasteiger partial charge >= 0.3 is 5.97 Å². The van der Waals surface area contributed by atoms with Crippen LogP contribution >= 0.6 is 0 Å². The van der Waals surface area contributed by atoms with Gasteiger partial charge in [0.25, 0.3) is 0 Å². The van der Waals surface area contributed by atoms with Gasteiger partial charge in [0.05, 0.1) is 19.3 Å². The molecule has 0 saturated heterocycles. The highest BCUT2D eigenvalue weighted by molar-refractivity contribution is 5.90. The number of hydrogen-bond donors (Lipinski definition) is 1. The highest BCUT2D eigenvalue weighted by atomic mass is 16.5. The van der Waals surface area contributed by atoms with E-state index in [2.05, 4.69) is 16.6 Å². The van der Waals surface area contributed by atoms with E-state index in [4.69, 9.17) is 14.6 Å². The van der Waals surface area contributed by atoms with Crippen molar-refractivity contribution >= 4 is 5.97 Å². The fourth-order valence-electron chi connectivity index (χ4n) is 1.62. The molecule has 5 heteroatoms. The Kier molecular flexibility index (Phi) is 6.57. The molecule has 108 valence electrons. The van der Waals surface area contributed by atoms with Gasteiger partial charge in [-0.3, -0.25) is 0 Å². The fraction of sp³-hybridized carbons (Fsp3) is 0.400. The van der Waals surface area contributed by atoms with Gasteiger partial charge in [-0.25, -0.2) is 4.79 Å². The van der Waals surface area contributed by atoms with Gasteiger partial charge in [0.1, 0.15) is 18.5 Å². The van der Waals surface area contributed by atoms with Crippen LogP contribution in [0.25, 0.3) is 0 Å². The van der Waals surface area contributed by atoms with Crippen LogP contribution in [0.3, 0.4) is 0 Å². The van der Waals surface area contributed by atoms with Crippen molar-refractivity contribution in [2.75, 3.05) is 27.4 Å². The third-order valence-corrected chi connectivity index (χ3v) is 2.38. The van der Waals surface area contributed by atoms with Crippen molar-refractivity contribution < 1.29 is 24.1 Å². The molecular weight excluding hydrogens is 260 g/mol. The van der Waals surface area contributed by atoms with Crippen LogP contribution < -0.4 is 4.74 Å². The molecule has 0 fully saturated rings. The Hall–Kier alpha value is -2.03. The van der Waals surface area contributed by atoms with Crippen molar-refractivity contribution in [3.63, 3.8) is 0 Å². The first-order chi connectivity index (χ1) is 9.60. The third-order valence-electron chi connectivity index (χ3n) is 2.38. The lowest BCUT2D eigenvalue weighted by molar-refractivity contribution is 0.0598. The maximum Gasteiger partial charge on any atom is 0.338 e. The number of carbonyl (C=O) groups is 1. The predicted molar refractivity (Wildman–Crippen MR) is 73.7 cm³/mol. The molecule has 0 unspecified atom stereocenters. The minimum atomic E-state index is -0.470. The minimum absolute atomic E-state index is 0.161. The summed E-state index contributed by atoms with van der Waals surface area (Å²) in [7, 11) is 2.89. The van der Waals surface area contributed by atoms with Crippen LogP contribution in [0.5, 0.6) is 5.75 Å². The first kappa shape index (κ1) is 16.0. The number of esters is 1. The average molecular weight is 278 g/mol. The molecule has 0 heterocycles. The van der Waals surface area contributed by atoms with Crippen molar-refractivity contribution in [1.82, 2.24) is 0 Å². The summed E-state index contributed by atoms with van der Waals surface area (Å²) in [4.78, 5) is 11.6. The Morgan fingerprint density at radius 2 is 2.10 bits per heavy atom. The lowest BCUT2D eigenvalue weighted by atomic mass is 10.1. The fourth-order valence-corrected chi connectivity index (χ4v) is 1.62. The zero-order valence-electron chi connectivity index (χ0n) is 11.8. The molecule has 0 spiro atoms. The monoisotopic (exact) mass is 278 g/mol. The number of methoxy groups -OCH3 is 2. The number of rotatable bonds is 5. The SMILES string of the molecule is COC[C@H](C)Oc1cc(C#CCO)cc(C(=O)OC)c1. The van der Waals surface area contributed by atoms with Crippen LogP contribution in [0.4, 0.5) is 0 Å². The number of hydrogen-bond acceptors (Lipinski definition) is 5. The van der Waals surface area contributed by atoms with E-state index in [1.807, 2.05) is 6.92 Å². The second-order valence-electron chi connectivity index (χ2n) is 4.08. The van der Waals surface area contributed by atoms with E-state index < -0.39 is 5.97 Å². The van der Waals surface area contributed by atoms with Crippen LogP contribution in [-0.4, -0.2) is 44.6 Å². The van der Waals surface area contributed by atoms with Crippen LogP contribution in [0.15, 0.2) is 18.2 Å². The second kappa shape index (κ2) is 8.20. The average Bonchev–Trinajstić information content (AvgIpc) is 2.44.